The van der Waals surface area contributed by atoms with E-state index in [2.05, 4.69) is 49.9 Å². The van der Waals surface area contributed by atoms with E-state index in [1.54, 1.807) is 7.11 Å². The largest absolute Gasteiger partial charge is 0.369 e. The van der Waals surface area contributed by atoms with E-state index in [1.165, 1.54) is 5.56 Å². The third kappa shape index (κ3) is 4.02. The van der Waals surface area contributed by atoms with Gasteiger partial charge in [0.2, 0.25) is 0 Å². The Balaban J connectivity index is 2.67. The van der Waals surface area contributed by atoms with Crippen LogP contribution in [0, 0.1) is 0 Å². The van der Waals surface area contributed by atoms with Gasteiger partial charge in [-0.25, -0.2) is 0 Å². The van der Waals surface area contributed by atoms with Crippen LogP contribution in [0.3, 0.4) is 0 Å². The van der Waals surface area contributed by atoms with Crippen LogP contribution in [0.2, 0.25) is 0 Å². The number of ether oxygens (including phenoxy) is 1. The Labute approximate surface area is 92.9 Å². The lowest BCUT2D eigenvalue weighted by Crippen LogP contribution is -2.41. The van der Waals surface area contributed by atoms with E-state index < -0.39 is 0 Å². The molecule has 2 heteroatoms. The van der Waals surface area contributed by atoms with Crippen molar-refractivity contribution in [2.75, 3.05) is 13.8 Å². The summed E-state index contributed by atoms with van der Waals surface area (Å²) in [4.78, 5) is 2.31. The molecule has 1 aromatic rings. The smallest absolute Gasteiger partial charge is 0.0993 e. The highest BCUT2D eigenvalue weighted by Gasteiger charge is 2.20. The fourth-order valence-electron chi connectivity index (χ4n) is 1.44. The molecule has 0 radical (unpaired) electrons. The molecule has 0 fully saturated rings. The summed E-state index contributed by atoms with van der Waals surface area (Å²) >= 11 is 0. The topological polar surface area (TPSA) is 12.5 Å². The van der Waals surface area contributed by atoms with Gasteiger partial charge in [0.15, 0.2) is 0 Å². The summed E-state index contributed by atoms with van der Waals surface area (Å²) in [5.74, 6) is 0. The summed E-state index contributed by atoms with van der Waals surface area (Å²) in [5, 5.41) is 0. The summed E-state index contributed by atoms with van der Waals surface area (Å²) in [6.45, 7) is 8.20. The first-order valence-corrected chi connectivity index (χ1v) is 5.32. The molecule has 1 rings (SSSR count). The van der Waals surface area contributed by atoms with E-state index >= 15 is 0 Å². The minimum atomic E-state index is 0.131. The Kier molecular flexibility index (Phi) is 4.30. The van der Waals surface area contributed by atoms with Gasteiger partial charge >= 0.3 is 0 Å². The number of hydrogen-bond donors (Lipinski definition) is 0. The van der Waals surface area contributed by atoms with Gasteiger partial charge in [-0.2, -0.15) is 0 Å². The van der Waals surface area contributed by atoms with Crippen molar-refractivity contribution >= 4 is 0 Å². The van der Waals surface area contributed by atoms with Crippen molar-refractivity contribution < 1.29 is 4.74 Å². The standard InChI is InChI=1S/C13H21NO/c1-13(2,3)14(11-15-4)10-12-8-6-5-7-9-12/h5-9H,10-11H2,1-4H3. The normalized spacial score (nSPS) is 12.1. The third-order valence-electron chi connectivity index (χ3n) is 2.45. The molecule has 0 saturated heterocycles. The van der Waals surface area contributed by atoms with Crippen molar-refractivity contribution in [2.45, 2.75) is 32.9 Å². The minimum Gasteiger partial charge on any atom is -0.369 e. The zero-order valence-electron chi connectivity index (χ0n) is 10.2. The minimum absolute atomic E-state index is 0.131. The molecule has 0 heterocycles. The second-order valence-corrected chi connectivity index (χ2v) is 4.77. The zero-order valence-corrected chi connectivity index (χ0v) is 10.2. The number of hydrogen-bond acceptors (Lipinski definition) is 2. The van der Waals surface area contributed by atoms with Crippen LogP contribution in [0.4, 0.5) is 0 Å². The monoisotopic (exact) mass is 207 g/mol. The van der Waals surface area contributed by atoms with E-state index in [0.29, 0.717) is 6.73 Å². The fraction of sp³-hybridized carbons (Fsp3) is 0.538. The van der Waals surface area contributed by atoms with Crippen molar-refractivity contribution in [2.24, 2.45) is 0 Å². The molecule has 0 aliphatic rings. The summed E-state index contributed by atoms with van der Waals surface area (Å²) in [6.07, 6.45) is 0. The lowest BCUT2D eigenvalue weighted by molar-refractivity contribution is -0.000856. The summed E-state index contributed by atoms with van der Waals surface area (Å²) < 4.78 is 5.23. The lowest BCUT2D eigenvalue weighted by Gasteiger charge is -2.34. The molecule has 15 heavy (non-hydrogen) atoms. The van der Waals surface area contributed by atoms with Gasteiger partial charge in [0.05, 0.1) is 6.73 Å². The molecular formula is C13H21NO. The van der Waals surface area contributed by atoms with E-state index in [-0.39, 0.29) is 5.54 Å². The molecule has 0 spiro atoms. The maximum atomic E-state index is 5.23. The Bertz CT molecular complexity index is 276. The fourth-order valence-corrected chi connectivity index (χ4v) is 1.44. The van der Waals surface area contributed by atoms with Crippen LogP contribution in [-0.4, -0.2) is 24.3 Å². The van der Waals surface area contributed by atoms with Crippen molar-refractivity contribution in [3.05, 3.63) is 35.9 Å². The highest BCUT2D eigenvalue weighted by Crippen LogP contribution is 2.16. The van der Waals surface area contributed by atoms with Crippen LogP contribution < -0.4 is 0 Å². The molecule has 0 aromatic heterocycles. The van der Waals surface area contributed by atoms with Gasteiger partial charge in [-0.15, -0.1) is 0 Å². The van der Waals surface area contributed by atoms with Crippen LogP contribution in [0.1, 0.15) is 26.3 Å². The zero-order chi connectivity index (χ0) is 11.3. The first kappa shape index (κ1) is 12.2. The molecular weight excluding hydrogens is 186 g/mol. The molecule has 0 amide bonds. The number of nitrogens with zero attached hydrogens (tertiary/aromatic N) is 1. The number of methoxy groups -OCH3 is 1. The Morgan fingerprint density at radius 3 is 2.20 bits per heavy atom. The van der Waals surface area contributed by atoms with Gasteiger partial charge in [0.1, 0.15) is 0 Å². The van der Waals surface area contributed by atoms with Crippen molar-refractivity contribution in [3.8, 4) is 0 Å². The van der Waals surface area contributed by atoms with Crippen molar-refractivity contribution in [1.29, 1.82) is 0 Å². The molecule has 84 valence electrons. The van der Waals surface area contributed by atoms with Gasteiger partial charge in [0.25, 0.3) is 0 Å². The molecule has 0 unspecified atom stereocenters. The van der Waals surface area contributed by atoms with Crippen LogP contribution in [0.25, 0.3) is 0 Å². The van der Waals surface area contributed by atoms with Crippen molar-refractivity contribution in [3.63, 3.8) is 0 Å². The number of rotatable bonds is 4. The van der Waals surface area contributed by atoms with Crippen LogP contribution in [0.5, 0.6) is 0 Å². The molecule has 0 bridgehead atoms. The van der Waals surface area contributed by atoms with Gasteiger partial charge in [-0.3, -0.25) is 4.90 Å². The second-order valence-electron chi connectivity index (χ2n) is 4.77. The maximum Gasteiger partial charge on any atom is 0.0993 e. The van der Waals surface area contributed by atoms with E-state index in [1.807, 2.05) is 6.07 Å². The molecule has 0 saturated carbocycles. The average molecular weight is 207 g/mol. The predicted molar refractivity (Wildman–Crippen MR) is 63.6 cm³/mol. The summed E-state index contributed by atoms with van der Waals surface area (Å²) in [7, 11) is 1.74. The molecule has 1 aromatic carbocycles. The van der Waals surface area contributed by atoms with Gasteiger partial charge in [-0.05, 0) is 26.3 Å². The highest BCUT2D eigenvalue weighted by molar-refractivity contribution is 5.14. The van der Waals surface area contributed by atoms with E-state index in [0.717, 1.165) is 6.54 Å². The van der Waals surface area contributed by atoms with E-state index in [9.17, 15) is 0 Å². The summed E-state index contributed by atoms with van der Waals surface area (Å²) in [5.41, 5.74) is 1.45. The van der Waals surface area contributed by atoms with E-state index in [4.69, 9.17) is 4.74 Å². The number of benzene rings is 1. The Morgan fingerprint density at radius 2 is 1.73 bits per heavy atom. The highest BCUT2D eigenvalue weighted by atomic mass is 16.5. The third-order valence-corrected chi connectivity index (χ3v) is 2.45. The molecule has 0 aliphatic heterocycles. The maximum absolute atomic E-state index is 5.23. The van der Waals surface area contributed by atoms with Gasteiger partial charge < -0.3 is 4.74 Å². The average Bonchev–Trinajstić information content (AvgIpc) is 2.17. The lowest BCUT2D eigenvalue weighted by atomic mass is 10.1. The van der Waals surface area contributed by atoms with Crippen molar-refractivity contribution in [1.82, 2.24) is 4.90 Å². The SMILES string of the molecule is COCN(Cc1ccccc1)C(C)(C)C. The molecule has 0 aliphatic carbocycles. The van der Waals surface area contributed by atoms with Crippen LogP contribution in [-0.2, 0) is 11.3 Å². The first-order chi connectivity index (χ1) is 7.04. The van der Waals surface area contributed by atoms with Crippen LogP contribution in [0.15, 0.2) is 30.3 Å². The predicted octanol–water partition coefficient (Wildman–Crippen LogP) is 2.89. The molecule has 0 atom stereocenters. The second kappa shape index (κ2) is 5.29. The van der Waals surface area contributed by atoms with Crippen LogP contribution >= 0.6 is 0 Å². The molecule has 2 nitrogen and oxygen atoms in total. The van der Waals surface area contributed by atoms with Gasteiger partial charge in [-0.1, -0.05) is 30.3 Å². The Hall–Kier alpha value is -0.860. The van der Waals surface area contributed by atoms with Gasteiger partial charge in [0, 0.05) is 19.2 Å². The quantitative estimate of drug-likeness (QED) is 0.704. The molecule has 0 N–H and O–H groups in total. The summed E-state index contributed by atoms with van der Waals surface area (Å²) in [6, 6.07) is 10.5. The first-order valence-electron chi connectivity index (χ1n) is 5.32. The Morgan fingerprint density at radius 1 is 1.13 bits per heavy atom.